The molecule has 1 aromatic heterocycles. The first-order valence-corrected chi connectivity index (χ1v) is 12.0. The van der Waals surface area contributed by atoms with E-state index in [2.05, 4.69) is 15.0 Å². The van der Waals surface area contributed by atoms with Crippen LogP contribution in [0.15, 0.2) is 54.6 Å². The number of aromatic nitrogens is 1. The van der Waals surface area contributed by atoms with Crippen molar-refractivity contribution in [3.63, 3.8) is 0 Å². The van der Waals surface area contributed by atoms with E-state index in [0.717, 1.165) is 5.56 Å². The number of rotatable bonds is 9. The number of amides is 1. The Morgan fingerprint density at radius 2 is 1.78 bits per heavy atom. The smallest absolute Gasteiger partial charge is 0.413 e. The van der Waals surface area contributed by atoms with Crippen LogP contribution < -0.4 is 15.0 Å². The van der Waals surface area contributed by atoms with Crippen molar-refractivity contribution in [2.45, 2.75) is 27.0 Å². The molecule has 3 aromatic rings. The van der Waals surface area contributed by atoms with Gasteiger partial charge in [-0.3, -0.25) is 5.32 Å². The zero-order chi connectivity index (χ0) is 26.9. The van der Waals surface area contributed by atoms with Crippen LogP contribution in [0.25, 0.3) is 11.3 Å². The molecular weight excluding hydrogens is 528 g/mol. The zero-order valence-corrected chi connectivity index (χ0v) is 21.5. The number of aromatic amines is 1. The summed E-state index contributed by atoms with van der Waals surface area (Å²) in [7, 11) is 0. The number of carbonyl (C=O) groups is 2. The van der Waals surface area contributed by atoms with Crippen molar-refractivity contribution in [1.29, 1.82) is 0 Å². The standard InChI is InChI=1S/C25H24ClF2N3O5S/c1-3-34-22(32)21-19(13-18(29-21)16-8-6-5-7-9-16)31(24(37)30-25(33)35-4-2)14-15-10-11-17(26)20(12-15)36-23(27)28/h5-13,23,29H,3-4,14H2,1-2H3,(H,30,33,37). The highest BCUT2D eigenvalue weighted by atomic mass is 35.5. The van der Waals surface area contributed by atoms with Crippen LogP contribution in [0.2, 0.25) is 5.02 Å². The van der Waals surface area contributed by atoms with Crippen LogP contribution in [-0.4, -0.2) is 42.0 Å². The van der Waals surface area contributed by atoms with Crippen LogP contribution in [0.5, 0.6) is 5.75 Å². The summed E-state index contributed by atoms with van der Waals surface area (Å²) in [4.78, 5) is 29.5. The number of ether oxygens (including phenoxy) is 3. The molecule has 2 N–H and O–H groups in total. The van der Waals surface area contributed by atoms with Crippen molar-refractivity contribution in [3.05, 3.63) is 70.9 Å². The molecule has 12 heteroatoms. The second kappa shape index (κ2) is 13.0. The fraction of sp³-hybridized carbons (Fsp3) is 0.240. The molecule has 0 aliphatic heterocycles. The number of carbonyl (C=O) groups excluding carboxylic acids is 2. The quantitative estimate of drug-likeness (QED) is 0.243. The van der Waals surface area contributed by atoms with E-state index < -0.39 is 18.7 Å². The Morgan fingerprint density at radius 3 is 2.43 bits per heavy atom. The molecule has 196 valence electrons. The number of hydrogen-bond acceptors (Lipinski definition) is 6. The Morgan fingerprint density at radius 1 is 1.08 bits per heavy atom. The van der Waals surface area contributed by atoms with Crippen LogP contribution in [0.3, 0.4) is 0 Å². The highest BCUT2D eigenvalue weighted by Gasteiger charge is 2.26. The van der Waals surface area contributed by atoms with Crippen LogP contribution >= 0.6 is 23.8 Å². The third-order valence-corrected chi connectivity index (χ3v) is 5.57. The molecule has 1 heterocycles. The van der Waals surface area contributed by atoms with Crippen molar-refractivity contribution in [3.8, 4) is 17.0 Å². The van der Waals surface area contributed by atoms with Gasteiger partial charge in [-0.05, 0) is 55.4 Å². The average Bonchev–Trinajstić information content (AvgIpc) is 3.30. The predicted molar refractivity (Wildman–Crippen MR) is 139 cm³/mol. The molecule has 37 heavy (non-hydrogen) atoms. The number of nitrogens with zero attached hydrogens (tertiary/aromatic N) is 1. The molecular formula is C25H24ClF2N3O5S. The Balaban J connectivity index is 2.09. The van der Waals surface area contributed by atoms with E-state index in [1.165, 1.54) is 17.0 Å². The first-order valence-electron chi connectivity index (χ1n) is 11.2. The van der Waals surface area contributed by atoms with Crippen LogP contribution in [0.1, 0.15) is 29.9 Å². The number of nitrogens with one attached hydrogen (secondary N) is 2. The fourth-order valence-electron chi connectivity index (χ4n) is 3.39. The van der Waals surface area contributed by atoms with Gasteiger partial charge in [0.25, 0.3) is 0 Å². The van der Waals surface area contributed by atoms with E-state index in [1.807, 2.05) is 30.3 Å². The number of esters is 1. The Labute approximate surface area is 222 Å². The molecule has 3 rings (SSSR count). The molecule has 0 spiro atoms. The lowest BCUT2D eigenvalue weighted by molar-refractivity contribution is -0.0498. The Bertz CT molecular complexity index is 1260. The van der Waals surface area contributed by atoms with Crippen molar-refractivity contribution >= 4 is 46.7 Å². The number of alkyl carbamates (subject to hydrolysis) is 1. The topological polar surface area (TPSA) is 92.9 Å². The van der Waals surface area contributed by atoms with Crippen LogP contribution in [-0.2, 0) is 16.0 Å². The minimum atomic E-state index is -3.08. The van der Waals surface area contributed by atoms with Crippen LogP contribution in [0, 0.1) is 0 Å². The number of halogens is 3. The molecule has 0 saturated heterocycles. The minimum Gasteiger partial charge on any atom is -0.461 e. The van der Waals surface area contributed by atoms with E-state index in [9.17, 15) is 18.4 Å². The highest BCUT2D eigenvalue weighted by Crippen LogP contribution is 2.32. The lowest BCUT2D eigenvalue weighted by atomic mass is 10.1. The third-order valence-electron chi connectivity index (χ3n) is 4.93. The van der Waals surface area contributed by atoms with Gasteiger partial charge < -0.3 is 24.1 Å². The molecule has 0 atom stereocenters. The van der Waals surface area contributed by atoms with E-state index in [0.29, 0.717) is 11.3 Å². The van der Waals surface area contributed by atoms with Gasteiger partial charge in [0, 0.05) is 5.69 Å². The van der Waals surface area contributed by atoms with E-state index in [1.54, 1.807) is 26.0 Å². The summed E-state index contributed by atoms with van der Waals surface area (Å²) >= 11 is 11.5. The van der Waals surface area contributed by atoms with Gasteiger partial charge in [-0.15, -0.1) is 0 Å². The van der Waals surface area contributed by atoms with E-state index >= 15 is 0 Å². The van der Waals surface area contributed by atoms with Crippen molar-refractivity contribution in [2.75, 3.05) is 18.1 Å². The fourth-order valence-corrected chi connectivity index (χ4v) is 3.80. The number of H-pyrrole nitrogens is 1. The lowest BCUT2D eigenvalue weighted by Gasteiger charge is -2.25. The number of anilines is 1. The molecule has 0 bridgehead atoms. The molecule has 0 radical (unpaired) electrons. The van der Waals surface area contributed by atoms with Crippen molar-refractivity contribution < 1.29 is 32.6 Å². The monoisotopic (exact) mass is 551 g/mol. The largest absolute Gasteiger partial charge is 0.461 e. The molecule has 0 saturated carbocycles. The normalized spacial score (nSPS) is 10.6. The SMILES string of the molecule is CCOC(=O)NC(=S)N(Cc1ccc(Cl)c(OC(F)F)c1)c1cc(-c2ccccc2)[nH]c1C(=O)OCC. The van der Waals surface area contributed by atoms with Gasteiger partial charge in [-0.2, -0.15) is 8.78 Å². The highest BCUT2D eigenvalue weighted by molar-refractivity contribution is 7.80. The summed E-state index contributed by atoms with van der Waals surface area (Å²) in [5.74, 6) is -0.885. The Hall–Kier alpha value is -3.70. The lowest BCUT2D eigenvalue weighted by Crippen LogP contribution is -2.43. The summed E-state index contributed by atoms with van der Waals surface area (Å²) in [6.45, 7) is 0.396. The average molecular weight is 552 g/mol. The van der Waals surface area contributed by atoms with Crippen molar-refractivity contribution in [1.82, 2.24) is 10.3 Å². The van der Waals surface area contributed by atoms with Gasteiger partial charge in [0.05, 0.1) is 30.5 Å². The summed E-state index contributed by atoms with van der Waals surface area (Å²) < 4.78 is 40.4. The minimum absolute atomic E-state index is 0.0111. The van der Waals surface area contributed by atoms with Crippen molar-refractivity contribution in [2.24, 2.45) is 0 Å². The number of hydrogen-bond donors (Lipinski definition) is 2. The van der Waals surface area contributed by atoms with Gasteiger partial charge >= 0.3 is 18.7 Å². The van der Waals surface area contributed by atoms with Gasteiger partial charge in [0.15, 0.2) is 5.11 Å². The first-order chi connectivity index (χ1) is 17.7. The molecule has 8 nitrogen and oxygen atoms in total. The third kappa shape index (κ3) is 7.40. The molecule has 0 aliphatic rings. The number of alkyl halides is 2. The van der Waals surface area contributed by atoms with E-state index in [-0.39, 0.29) is 47.0 Å². The zero-order valence-electron chi connectivity index (χ0n) is 19.9. The second-order valence-corrected chi connectivity index (χ2v) is 8.20. The summed E-state index contributed by atoms with van der Waals surface area (Å²) in [5.41, 5.74) is 2.17. The maximum atomic E-state index is 12.9. The summed E-state index contributed by atoms with van der Waals surface area (Å²) in [5, 5.41) is 2.34. The number of thiocarbonyl (C=S) groups is 1. The molecule has 0 aliphatic carbocycles. The van der Waals surface area contributed by atoms with E-state index in [4.69, 9.17) is 33.3 Å². The number of benzene rings is 2. The van der Waals surface area contributed by atoms with Gasteiger partial charge in [-0.25, -0.2) is 9.59 Å². The summed E-state index contributed by atoms with van der Waals surface area (Å²) in [6, 6.07) is 15.2. The van der Waals surface area contributed by atoms with Gasteiger partial charge in [0.1, 0.15) is 11.4 Å². The van der Waals surface area contributed by atoms with Gasteiger partial charge in [-0.1, -0.05) is 48.0 Å². The Kier molecular flexibility index (Phi) is 9.81. The first kappa shape index (κ1) is 27.9. The maximum Gasteiger partial charge on any atom is 0.413 e. The van der Waals surface area contributed by atoms with Gasteiger partial charge in [0.2, 0.25) is 0 Å². The molecule has 1 amide bonds. The maximum absolute atomic E-state index is 12.9. The predicted octanol–water partition coefficient (Wildman–Crippen LogP) is 6.15. The summed E-state index contributed by atoms with van der Waals surface area (Å²) in [6.07, 6.45) is -0.799. The molecule has 0 unspecified atom stereocenters. The van der Waals surface area contributed by atoms with Crippen LogP contribution in [0.4, 0.5) is 19.3 Å². The molecule has 0 fully saturated rings. The molecule has 2 aromatic carbocycles. The second-order valence-electron chi connectivity index (χ2n) is 7.41.